The van der Waals surface area contributed by atoms with Gasteiger partial charge in [0.2, 0.25) is 0 Å². The number of hydrogen-bond acceptors (Lipinski definition) is 2. The molecule has 0 aliphatic rings. The molecule has 0 aromatic heterocycles. The van der Waals surface area contributed by atoms with Crippen molar-refractivity contribution in [1.82, 2.24) is 0 Å². The zero-order valence-corrected chi connectivity index (χ0v) is 13.3. The van der Waals surface area contributed by atoms with Crippen LogP contribution in [0, 0.1) is 46.5 Å². The molecule has 0 heterocycles. The molecule has 130 valence electrons. The number of hydrogen-bond donors (Lipinski definition) is 1. The highest BCUT2D eigenvalue weighted by Crippen LogP contribution is 2.40. The third-order valence-corrected chi connectivity index (χ3v) is 4.33. The molecule has 0 saturated carbocycles. The summed E-state index contributed by atoms with van der Waals surface area (Å²) in [6.07, 6.45) is 0. The van der Waals surface area contributed by atoms with Gasteiger partial charge in [0.05, 0.1) is 20.9 Å². The van der Waals surface area contributed by atoms with Gasteiger partial charge in [-0.25, -0.2) is 35.1 Å². The minimum Gasteiger partial charge on any atom is -0.203 e. The molecular weight excluding hydrogens is 384 g/mol. The van der Waals surface area contributed by atoms with Gasteiger partial charge in [-0.3, -0.25) is 0 Å². The first-order valence-corrected chi connectivity index (χ1v) is 7.62. The van der Waals surface area contributed by atoms with Crippen LogP contribution in [0.4, 0.5) is 35.1 Å². The van der Waals surface area contributed by atoms with Gasteiger partial charge in [0, 0.05) is 0 Å². The molecule has 0 N–H and O–H groups in total. The first-order valence-electron chi connectivity index (χ1n) is 6.19. The molecule has 0 unspecified atom stereocenters. The Morgan fingerprint density at radius 2 is 0.958 bits per heavy atom. The van der Waals surface area contributed by atoms with E-state index in [1.165, 1.54) is 6.92 Å². The Bertz CT molecular complexity index is 776. The van der Waals surface area contributed by atoms with Crippen LogP contribution in [0.15, 0.2) is 9.79 Å². The molecule has 0 amide bonds. The van der Waals surface area contributed by atoms with Crippen molar-refractivity contribution in [3.05, 3.63) is 46.5 Å². The van der Waals surface area contributed by atoms with Crippen molar-refractivity contribution in [2.24, 2.45) is 0 Å². The van der Waals surface area contributed by atoms with Gasteiger partial charge in [-0.1, -0.05) is 6.92 Å². The molecule has 0 atom stereocenters. The van der Waals surface area contributed by atoms with E-state index < -0.39 is 67.5 Å². The second kappa shape index (κ2) is 6.83. The van der Waals surface area contributed by atoms with Crippen molar-refractivity contribution < 1.29 is 35.1 Å². The summed E-state index contributed by atoms with van der Waals surface area (Å²) < 4.78 is 110. The molecule has 2 aromatic carbocycles. The van der Waals surface area contributed by atoms with Crippen LogP contribution >= 0.6 is 24.4 Å². The zero-order chi connectivity index (χ0) is 18.3. The lowest BCUT2D eigenvalue weighted by Crippen LogP contribution is -2.08. The van der Waals surface area contributed by atoms with Gasteiger partial charge in [-0.2, -0.15) is 0 Å². The number of thioether (sulfide) groups is 1. The van der Waals surface area contributed by atoms with Crippen LogP contribution in [-0.4, -0.2) is 5.75 Å². The van der Waals surface area contributed by atoms with E-state index in [2.05, 4.69) is 12.6 Å². The maximum absolute atomic E-state index is 14.0. The van der Waals surface area contributed by atoms with Gasteiger partial charge < -0.3 is 0 Å². The summed E-state index contributed by atoms with van der Waals surface area (Å²) in [5, 5.41) is 0. The smallest absolute Gasteiger partial charge is 0.176 e. The van der Waals surface area contributed by atoms with Gasteiger partial charge in [0.15, 0.2) is 46.5 Å². The van der Waals surface area contributed by atoms with E-state index in [0.717, 1.165) is 0 Å². The number of thiol groups is 1. The summed E-state index contributed by atoms with van der Waals surface area (Å²) in [6.45, 7) is 1.43. The lowest BCUT2D eigenvalue weighted by atomic mass is 10.0. The number of halogens is 8. The molecule has 2 aromatic rings. The standard InChI is InChI=1S/C14H6F8S2/c1-2-24-14-11(21)7(17)4(8(18)12(14)22)3-5(15)9(19)13(23)10(20)6(3)16/h23H,2H2,1H3. The van der Waals surface area contributed by atoms with Crippen LogP contribution in [0.1, 0.15) is 6.92 Å². The second-order valence-electron chi connectivity index (χ2n) is 4.37. The monoisotopic (exact) mass is 390 g/mol. The average molecular weight is 390 g/mol. The summed E-state index contributed by atoms with van der Waals surface area (Å²) >= 11 is 3.58. The second-order valence-corrected chi connectivity index (χ2v) is 6.09. The fourth-order valence-electron chi connectivity index (χ4n) is 1.94. The van der Waals surface area contributed by atoms with Gasteiger partial charge in [-0.15, -0.1) is 24.4 Å². The molecule has 0 radical (unpaired) electrons. The summed E-state index contributed by atoms with van der Waals surface area (Å²) in [4.78, 5) is -2.43. The molecule has 0 nitrogen and oxygen atoms in total. The average Bonchev–Trinajstić information content (AvgIpc) is 2.56. The van der Waals surface area contributed by atoms with E-state index in [4.69, 9.17) is 0 Å². The third kappa shape index (κ3) is 2.75. The molecule has 24 heavy (non-hydrogen) atoms. The molecule has 0 bridgehead atoms. The first-order chi connectivity index (χ1) is 11.1. The van der Waals surface area contributed by atoms with Crippen LogP contribution in [0.25, 0.3) is 11.1 Å². The Morgan fingerprint density at radius 1 is 0.625 bits per heavy atom. The highest BCUT2D eigenvalue weighted by molar-refractivity contribution is 7.99. The Kier molecular flexibility index (Phi) is 5.38. The van der Waals surface area contributed by atoms with E-state index in [0.29, 0.717) is 11.8 Å². The topological polar surface area (TPSA) is 0 Å². The molecule has 0 fully saturated rings. The largest absolute Gasteiger partial charge is 0.203 e. The highest BCUT2D eigenvalue weighted by atomic mass is 32.2. The van der Waals surface area contributed by atoms with E-state index in [-0.39, 0.29) is 5.75 Å². The molecule has 10 heteroatoms. The van der Waals surface area contributed by atoms with Crippen molar-refractivity contribution in [3.63, 3.8) is 0 Å². The number of benzene rings is 2. The van der Waals surface area contributed by atoms with Crippen LogP contribution in [0.3, 0.4) is 0 Å². The Labute approximate surface area is 140 Å². The molecule has 0 spiro atoms. The third-order valence-electron chi connectivity index (χ3n) is 3.00. The van der Waals surface area contributed by atoms with Crippen molar-refractivity contribution in [1.29, 1.82) is 0 Å². The highest BCUT2D eigenvalue weighted by Gasteiger charge is 2.33. The van der Waals surface area contributed by atoms with E-state index in [1.54, 1.807) is 0 Å². The molecule has 0 saturated heterocycles. The quantitative estimate of drug-likeness (QED) is 0.296. The molecule has 2 rings (SSSR count). The van der Waals surface area contributed by atoms with Crippen molar-refractivity contribution in [2.75, 3.05) is 5.75 Å². The molecule has 0 aliphatic heterocycles. The Balaban J connectivity index is 2.95. The predicted molar refractivity (Wildman–Crippen MR) is 75.2 cm³/mol. The van der Waals surface area contributed by atoms with Crippen LogP contribution in [0.5, 0.6) is 0 Å². The predicted octanol–water partition coefficient (Wildman–Crippen LogP) is 5.87. The normalized spacial score (nSPS) is 11.2. The minimum atomic E-state index is -2.23. The molecular formula is C14H6F8S2. The van der Waals surface area contributed by atoms with Gasteiger partial charge in [0.25, 0.3) is 0 Å². The zero-order valence-electron chi connectivity index (χ0n) is 11.6. The lowest BCUT2D eigenvalue weighted by molar-refractivity contribution is 0.415. The Hall–Kier alpha value is -1.42. The summed E-state index contributed by atoms with van der Waals surface area (Å²) in [6, 6.07) is 0. The van der Waals surface area contributed by atoms with Gasteiger partial charge in [-0.05, 0) is 5.75 Å². The molecule has 0 aliphatic carbocycles. The van der Waals surface area contributed by atoms with Gasteiger partial charge in [0.1, 0.15) is 0 Å². The fourth-order valence-corrected chi connectivity index (χ4v) is 2.86. The number of rotatable bonds is 3. The fraction of sp³-hybridized carbons (Fsp3) is 0.143. The summed E-state index contributed by atoms with van der Waals surface area (Å²) in [7, 11) is 0. The lowest BCUT2D eigenvalue weighted by Gasteiger charge is -2.14. The van der Waals surface area contributed by atoms with Crippen LogP contribution in [-0.2, 0) is 0 Å². The van der Waals surface area contributed by atoms with E-state index in [1.807, 2.05) is 0 Å². The maximum Gasteiger partial charge on any atom is 0.176 e. The van der Waals surface area contributed by atoms with Crippen molar-refractivity contribution >= 4 is 24.4 Å². The Morgan fingerprint density at radius 3 is 1.29 bits per heavy atom. The minimum absolute atomic E-state index is 0.0341. The SMILES string of the molecule is CCSc1c(F)c(F)c(-c2c(F)c(F)c(S)c(F)c2F)c(F)c1F. The van der Waals surface area contributed by atoms with Crippen molar-refractivity contribution in [3.8, 4) is 11.1 Å². The first kappa shape index (κ1) is 18.9. The van der Waals surface area contributed by atoms with Crippen LogP contribution < -0.4 is 0 Å². The van der Waals surface area contributed by atoms with Gasteiger partial charge >= 0.3 is 0 Å². The van der Waals surface area contributed by atoms with Crippen molar-refractivity contribution in [2.45, 2.75) is 16.7 Å². The van der Waals surface area contributed by atoms with Crippen LogP contribution in [0.2, 0.25) is 0 Å². The van der Waals surface area contributed by atoms with E-state index >= 15 is 0 Å². The maximum atomic E-state index is 14.0. The summed E-state index contributed by atoms with van der Waals surface area (Å²) in [5.74, 6) is -16.7. The summed E-state index contributed by atoms with van der Waals surface area (Å²) in [5.41, 5.74) is -3.78. The van der Waals surface area contributed by atoms with E-state index in [9.17, 15) is 35.1 Å².